The summed E-state index contributed by atoms with van der Waals surface area (Å²) in [5.74, 6) is -0.450. The summed E-state index contributed by atoms with van der Waals surface area (Å²) in [6.45, 7) is 1.96. The summed E-state index contributed by atoms with van der Waals surface area (Å²) >= 11 is 0. The predicted molar refractivity (Wildman–Crippen MR) is 108 cm³/mol. The SMILES string of the molecule is CC[C@H](Cc1ccc(O)cc1)C(=O)Nc1cc2c3c(c[nH]c3c1)C=NNC2=O. The Kier molecular flexibility index (Phi) is 4.57. The third-order valence-corrected chi connectivity index (χ3v) is 4.97. The number of phenolic OH excluding ortho intramolecular Hbond substituents is 1. The molecule has 0 radical (unpaired) electrons. The lowest BCUT2D eigenvalue weighted by molar-refractivity contribution is -0.119. The minimum absolute atomic E-state index is 0.112. The summed E-state index contributed by atoms with van der Waals surface area (Å²) in [7, 11) is 0. The predicted octanol–water partition coefficient (Wildman–Crippen LogP) is 3.16. The van der Waals surface area contributed by atoms with E-state index in [4.69, 9.17) is 0 Å². The van der Waals surface area contributed by atoms with Gasteiger partial charge in [0.1, 0.15) is 5.75 Å². The van der Waals surface area contributed by atoms with E-state index in [0.29, 0.717) is 24.1 Å². The van der Waals surface area contributed by atoms with Crippen molar-refractivity contribution in [3.8, 4) is 5.75 Å². The van der Waals surface area contributed by atoms with Gasteiger partial charge in [-0.3, -0.25) is 9.59 Å². The Hall–Kier alpha value is -3.61. The zero-order valence-electron chi connectivity index (χ0n) is 15.3. The van der Waals surface area contributed by atoms with Crippen molar-refractivity contribution >= 4 is 34.6 Å². The Morgan fingerprint density at radius 1 is 1.25 bits per heavy atom. The van der Waals surface area contributed by atoms with Crippen LogP contribution in [0.15, 0.2) is 47.7 Å². The number of aromatic amines is 1. The lowest BCUT2D eigenvalue weighted by Gasteiger charge is -2.16. The van der Waals surface area contributed by atoms with E-state index >= 15 is 0 Å². The summed E-state index contributed by atoms with van der Waals surface area (Å²) in [6.07, 6.45) is 4.61. The van der Waals surface area contributed by atoms with Crippen LogP contribution in [0.4, 0.5) is 5.69 Å². The number of aromatic nitrogens is 1. The Bertz CT molecular complexity index is 1080. The molecule has 7 nitrogen and oxygen atoms in total. The van der Waals surface area contributed by atoms with Crippen molar-refractivity contribution in [1.82, 2.24) is 10.4 Å². The van der Waals surface area contributed by atoms with Gasteiger partial charge in [-0.15, -0.1) is 0 Å². The summed E-state index contributed by atoms with van der Waals surface area (Å²) in [4.78, 5) is 28.3. The molecule has 4 N–H and O–H groups in total. The molecule has 142 valence electrons. The molecule has 0 saturated heterocycles. The third-order valence-electron chi connectivity index (χ3n) is 4.97. The topological polar surface area (TPSA) is 107 Å². The number of hydrogen-bond donors (Lipinski definition) is 4. The first kappa shape index (κ1) is 17.8. The van der Waals surface area contributed by atoms with Crippen LogP contribution in [0.3, 0.4) is 0 Å². The van der Waals surface area contributed by atoms with E-state index in [-0.39, 0.29) is 23.5 Å². The van der Waals surface area contributed by atoms with Gasteiger partial charge in [0.2, 0.25) is 5.91 Å². The molecule has 1 aliphatic heterocycles. The second-order valence-corrected chi connectivity index (χ2v) is 6.85. The fourth-order valence-electron chi connectivity index (χ4n) is 3.45. The first-order valence-corrected chi connectivity index (χ1v) is 9.12. The number of anilines is 1. The molecule has 1 aromatic heterocycles. The van der Waals surface area contributed by atoms with Gasteiger partial charge in [-0.2, -0.15) is 5.10 Å². The van der Waals surface area contributed by atoms with Crippen LogP contribution < -0.4 is 10.7 Å². The number of nitrogens with one attached hydrogen (secondary N) is 3. The third kappa shape index (κ3) is 3.34. The lowest BCUT2D eigenvalue weighted by Crippen LogP contribution is -2.24. The lowest BCUT2D eigenvalue weighted by atomic mass is 9.95. The van der Waals surface area contributed by atoms with Gasteiger partial charge in [0.25, 0.3) is 5.91 Å². The van der Waals surface area contributed by atoms with E-state index < -0.39 is 0 Å². The number of H-pyrrole nitrogens is 1. The Morgan fingerprint density at radius 3 is 2.79 bits per heavy atom. The fraction of sp³-hybridized carbons (Fsp3) is 0.190. The molecule has 28 heavy (non-hydrogen) atoms. The summed E-state index contributed by atoms with van der Waals surface area (Å²) in [5.41, 5.74) is 6.06. The monoisotopic (exact) mass is 376 g/mol. The molecule has 2 aromatic carbocycles. The highest BCUT2D eigenvalue weighted by atomic mass is 16.3. The first-order chi connectivity index (χ1) is 13.5. The number of hydrazone groups is 1. The van der Waals surface area contributed by atoms with Crippen LogP contribution in [-0.4, -0.2) is 28.1 Å². The van der Waals surface area contributed by atoms with Crippen LogP contribution >= 0.6 is 0 Å². The van der Waals surface area contributed by atoms with Gasteiger partial charge in [-0.1, -0.05) is 19.1 Å². The number of carbonyl (C=O) groups excluding carboxylic acids is 2. The molecule has 7 heteroatoms. The number of aromatic hydroxyl groups is 1. The number of rotatable bonds is 5. The van der Waals surface area contributed by atoms with Gasteiger partial charge in [0.15, 0.2) is 0 Å². The van der Waals surface area contributed by atoms with Crippen LogP contribution in [-0.2, 0) is 11.2 Å². The number of carbonyl (C=O) groups is 2. The average Bonchev–Trinajstić information content (AvgIpc) is 3.01. The molecule has 0 unspecified atom stereocenters. The standard InChI is InChI=1S/C21H20N4O3/c1-2-13(7-12-3-5-16(26)6-4-12)20(27)24-15-8-17-19-14(10-22-18(19)9-15)11-23-25-21(17)28/h3-6,8-11,13,22,26H,2,7H2,1H3,(H,24,27)(H,25,28)/t13-/m1/s1. The maximum Gasteiger partial charge on any atom is 0.272 e. The normalized spacial score (nSPS) is 13.8. The highest BCUT2D eigenvalue weighted by molar-refractivity contribution is 6.15. The van der Waals surface area contributed by atoms with Crippen molar-refractivity contribution in [1.29, 1.82) is 0 Å². The molecule has 2 heterocycles. The van der Waals surface area contributed by atoms with E-state index in [1.807, 2.05) is 25.1 Å². The van der Waals surface area contributed by atoms with Crippen LogP contribution in [0.5, 0.6) is 5.75 Å². The number of phenols is 1. The Balaban J connectivity index is 1.58. The van der Waals surface area contributed by atoms with Crippen LogP contribution in [0.1, 0.15) is 34.8 Å². The fourth-order valence-corrected chi connectivity index (χ4v) is 3.45. The van der Waals surface area contributed by atoms with Gasteiger partial charge >= 0.3 is 0 Å². The van der Waals surface area contributed by atoms with Crippen molar-refractivity contribution in [3.63, 3.8) is 0 Å². The second-order valence-electron chi connectivity index (χ2n) is 6.85. The molecule has 0 saturated carbocycles. The summed E-state index contributed by atoms with van der Waals surface area (Å²) < 4.78 is 0. The van der Waals surface area contributed by atoms with E-state index in [9.17, 15) is 14.7 Å². The van der Waals surface area contributed by atoms with Crippen molar-refractivity contribution in [3.05, 3.63) is 59.3 Å². The number of amides is 2. The van der Waals surface area contributed by atoms with E-state index in [1.165, 1.54) is 0 Å². The van der Waals surface area contributed by atoms with Crippen molar-refractivity contribution in [2.45, 2.75) is 19.8 Å². The van der Waals surface area contributed by atoms with Gasteiger partial charge in [0.05, 0.1) is 11.8 Å². The molecule has 1 atom stereocenters. The molecule has 1 aliphatic rings. The Morgan fingerprint density at radius 2 is 2.04 bits per heavy atom. The minimum Gasteiger partial charge on any atom is -0.508 e. The highest BCUT2D eigenvalue weighted by Gasteiger charge is 2.21. The maximum atomic E-state index is 12.8. The summed E-state index contributed by atoms with van der Waals surface area (Å²) in [5, 5.41) is 17.0. The number of nitrogens with zero attached hydrogens (tertiary/aromatic N) is 1. The summed E-state index contributed by atoms with van der Waals surface area (Å²) in [6, 6.07) is 10.4. The number of benzene rings is 2. The van der Waals surface area contributed by atoms with Gasteiger partial charge < -0.3 is 15.4 Å². The molecule has 0 spiro atoms. The molecule has 2 amide bonds. The molecular weight excluding hydrogens is 356 g/mol. The Labute approximate surface area is 161 Å². The van der Waals surface area contributed by atoms with Crippen molar-refractivity contribution in [2.75, 3.05) is 5.32 Å². The first-order valence-electron chi connectivity index (χ1n) is 9.12. The largest absolute Gasteiger partial charge is 0.508 e. The minimum atomic E-state index is -0.313. The maximum absolute atomic E-state index is 12.8. The zero-order valence-corrected chi connectivity index (χ0v) is 15.3. The van der Waals surface area contributed by atoms with Gasteiger partial charge in [0, 0.05) is 34.3 Å². The van der Waals surface area contributed by atoms with E-state index in [0.717, 1.165) is 22.0 Å². The molecule has 3 aromatic rings. The van der Waals surface area contributed by atoms with Crippen LogP contribution in [0, 0.1) is 5.92 Å². The molecule has 0 aliphatic carbocycles. The number of hydrogen-bond acceptors (Lipinski definition) is 4. The van der Waals surface area contributed by atoms with Gasteiger partial charge in [-0.25, -0.2) is 5.43 Å². The van der Waals surface area contributed by atoms with Crippen LogP contribution in [0.25, 0.3) is 10.9 Å². The smallest absolute Gasteiger partial charge is 0.272 e. The zero-order chi connectivity index (χ0) is 19.7. The molecule has 0 bridgehead atoms. The van der Waals surface area contributed by atoms with E-state index in [1.54, 1.807) is 30.6 Å². The van der Waals surface area contributed by atoms with Gasteiger partial charge in [-0.05, 0) is 42.7 Å². The molecule has 4 rings (SSSR count). The molecule has 0 fully saturated rings. The second kappa shape index (κ2) is 7.19. The van der Waals surface area contributed by atoms with Crippen molar-refractivity contribution < 1.29 is 14.7 Å². The average molecular weight is 376 g/mol. The molecular formula is C21H20N4O3. The van der Waals surface area contributed by atoms with Crippen molar-refractivity contribution in [2.24, 2.45) is 11.0 Å². The van der Waals surface area contributed by atoms with E-state index in [2.05, 4.69) is 20.8 Å². The van der Waals surface area contributed by atoms with Crippen LogP contribution in [0.2, 0.25) is 0 Å². The highest BCUT2D eigenvalue weighted by Crippen LogP contribution is 2.28. The quantitative estimate of drug-likeness (QED) is 0.549.